The second-order valence-electron chi connectivity index (χ2n) is 8.11. The van der Waals surface area contributed by atoms with E-state index in [-0.39, 0.29) is 5.95 Å². The van der Waals surface area contributed by atoms with Crippen molar-refractivity contribution in [1.29, 1.82) is 0 Å². The number of nitrogens with two attached hydrogens (primary N) is 1. The summed E-state index contributed by atoms with van der Waals surface area (Å²) >= 11 is 0. The predicted molar refractivity (Wildman–Crippen MR) is 105 cm³/mol. The number of aliphatic hydroxyl groups is 1. The molecule has 4 heterocycles. The Labute approximate surface area is 163 Å². The van der Waals surface area contributed by atoms with Crippen LogP contribution in [0.3, 0.4) is 0 Å². The summed E-state index contributed by atoms with van der Waals surface area (Å²) in [6.45, 7) is 5.69. The maximum Gasteiger partial charge on any atom is 0.228 e. The van der Waals surface area contributed by atoms with Gasteiger partial charge >= 0.3 is 0 Å². The van der Waals surface area contributed by atoms with Gasteiger partial charge in [0.2, 0.25) is 11.9 Å². The maximum atomic E-state index is 10.2. The molecule has 9 nitrogen and oxygen atoms in total. The number of hydrogen-bond donors (Lipinski definition) is 2. The number of hydrogen-bond acceptors (Lipinski definition) is 9. The molecule has 2 aromatic heterocycles. The molecule has 3 N–H and O–H groups in total. The molecule has 2 fully saturated rings. The van der Waals surface area contributed by atoms with Crippen LogP contribution in [0.25, 0.3) is 11.3 Å². The molecule has 148 valence electrons. The first-order valence-electron chi connectivity index (χ1n) is 9.81. The highest BCUT2D eigenvalue weighted by Gasteiger charge is 2.44. The van der Waals surface area contributed by atoms with Gasteiger partial charge < -0.3 is 25.4 Å². The second-order valence-corrected chi connectivity index (χ2v) is 8.11. The molecule has 0 radical (unpaired) electrons. The summed E-state index contributed by atoms with van der Waals surface area (Å²) in [5, 5.41) is 10.2. The van der Waals surface area contributed by atoms with Crippen molar-refractivity contribution in [3.63, 3.8) is 0 Å². The molecule has 9 heteroatoms. The fraction of sp³-hybridized carbons (Fsp3) is 0.579. The summed E-state index contributed by atoms with van der Waals surface area (Å²) in [5.74, 6) is 1.94. The minimum Gasteiger partial charge on any atom is -0.390 e. The summed E-state index contributed by atoms with van der Waals surface area (Å²) in [5.41, 5.74) is 7.95. The lowest BCUT2D eigenvalue weighted by Gasteiger charge is -2.46. The van der Waals surface area contributed by atoms with Crippen molar-refractivity contribution in [2.24, 2.45) is 0 Å². The Morgan fingerprint density at radius 3 is 2.54 bits per heavy atom. The maximum absolute atomic E-state index is 10.2. The van der Waals surface area contributed by atoms with Crippen LogP contribution in [0, 0.1) is 0 Å². The highest BCUT2D eigenvalue weighted by molar-refractivity contribution is 5.72. The van der Waals surface area contributed by atoms with Crippen molar-refractivity contribution in [2.75, 3.05) is 48.4 Å². The molecule has 1 saturated heterocycles. The van der Waals surface area contributed by atoms with Crippen molar-refractivity contribution in [1.82, 2.24) is 19.9 Å². The lowest BCUT2D eigenvalue weighted by molar-refractivity contribution is -0.0306. The first kappa shape index (κ1) is 17.6. The summed E-state index contributed by atoms with van der Waals surface area (Å²) in [6.07, 6.45) is 5.86. The fourth-order valence-corrected chi connectivity index (χ4v) is 4.40. The van der Waals surface area contributed by atoms with Gasteiger partial charge in [-0.3, -0.25) is 0 Å². The molecular weight excluding hydrogens is 358 g/mol. The van der Waals surface area contributed by atoms with Gasteiger partial charge in [0.25, 0.3) is 0 Å². The Morgan fingerprint density at radius 2 is 1.86 bits per heavy atom. The normalized spacial score (nSPS) is 26.9. The van der Waals surface area contributed by atoms with Crippen molar-refractivity contribution >= 4 is 17.7 Å². The largest absolute Gasteiger partial charge is 0.390 e. The van der Waals surface area contributed by atoms with Gasteiger partial charge in [-0.1, -0.05) is 0 Å². The van der Waals surface area contributed by atoms with Crippen molar-refractivity contribution in [2.45, 2.75) is 37.8 Å². The number of anilines is 3. The van der Waals surface area contributed by atoms with Gasteiger partial charge in [0.1, 0.15) is 5.82 Å². The van der Waals surface area contributed by atoms with Gasteiger partial charge in [0, 0.05) is 49.2 Å². The number of aromatic nitrogens is 4. The van der Waals surface area contributed by atoms with E-state index in [9.17, 15) is 5.11 Å². The summed E-state index contributed by atoms with van der Waals surface area (Å²) in [7, 11) is 0. The Balaban J connectivity index is 1.57. The monoisotopic (exact) mass is 383 g/mol. The van der Waals surface area contributed by atoms with Crippen LogP contribution in [0.1, 0.15) is 25.3 Å². The van der Waals surface area contributed by atoms with Gasteiger partial charge in [-0.2, -0.15) is 4.98 Å². The molecule has 0 unspecified atom stereocenters. The van der Waals surface area contributed by atoms with E-state index < -0.39 is 5.60 Å². The summed E-state index contributed by atoms with van der Waals surface area (Å²) in [6, 6.07) is 0.319. The SMILES string of the molecule is CC1(O)CC(N2CCc3c(-c4cnc(N)nc4)nc(N4CCOCC4)nc32)C1. The van der Waals surface area contributed by atoms with E-state index in [4.69, 9.17) is 20.4 Å². The van der Waals surface area contributed by atoms with Crippen molar-refractivity contribution in [3.05, 3.63) is 18.0 Å². The lowest BCUT2D eigenvalue weighted by atomic mass is 9.76. The van der Waals surface area contributed by atoms with Crippen LogP contribution in [0.15, 0.2) is 12.4 Å². The Hall–Kier alpha value is -2.52. The number of fused-ring (bicyclic) bond motifs is 1. The van der Waals surface area contributed by atoms with E-state index in [0.717, 1.165) is 61.5 Å². The van der Waals surface area contributed by atoms with Crippen LogP contribution in [-0.2, 0) is 11.2 Å². The van der Waals surface area contributed by atoms with Gasteiger partial charge in [0.05, 0.1) is 24.5 Å². The van der Waals surface area contributed by atoms with E-state index in [1.54, 1.807) is 12.4 Å². The molecule has 28 heavy (non-hydrogen) atoms. The van der Waals surface area contributed by atoms with Crippen LogP contribution in [0.4, 0.5) is 17.7 Å². The van der Waals surface area contributed by atoms with E-state index in [2.05, 4.69) is 19.8 Å². The first-order valence-corrected chi connectivity index (χ1v) is 9.81. The van der Waals surface area contributed by atoms with Gasteiger partial charge in [0.15, 0.2) is 0 Å². The van der Waals surface area contributed by atoms with E-state index in [1.165, 1.54) is 0 Å². The molecule has 5 rings (SSSR count). The molecule has 1 saturated carbocycles. The van der Waals surface area contributed by atoms with Crippen LogP contribution >= 0.6 is 0 Å². The van der Waals surface area contributed by atoms with Crippen LogP contribution in [-0.4, -0.2) is 69.5 Å². The van der Waals surface area contributed by atoms with E-state index in [1.807, 2.05) is 6.92 Å². The third-order valence-electron chi connectivity index (χ3n) is 5.88. The van der Waals surface area contributed by atoms with Crippen LogP contribution < -0.4 is 15.5 Å². The van der Waals surface area contributed by atoms with Crippen LogP contribution in [0.2, 0.25) is 0 Å². The zero-order valence-corrected chi connectivity index (χ0v) is 16.0. The highest BCUT2D eigenvalue weighted by atomic mass is 16.5. The Kier molecular flexibility index (Phi) is 4.09. The molecule has 2 aliphatic heterocycles. The molecular formula is C19H25N7O2. The number of ether oxygens (including phenoxy) is 1. The molecule has 0 bridgehead atoms. The highest BCUT2D eigenvalue weighted by Crippen LogP contribution is 2.43. The van der Waals surface area contributed by atoms with E-state index >= 15 is 0 Å². The number of morpholine rings is 1. The molecule has 1 aliphatic carbocycles. The lowest BCUT2D eigenvalue weighted by Crippen LogP contribution is -2.53. The Bertz CT molecular complexity index is 873. The molecule has 0 atom stereocenters. The smallest absolute Gasteiger partial charge is 0.228 e. The van der Waals surface area contributed by atoms with Gasteiger partial charge in [-0.25, -0.2) is 15.0 Å². The number of nitrogens with zero attached hydrogens (tertiary/aromatic N) is 6. The summed E-state index contributed by atoms with van der Waals surface area (Å²) < 4.78 is 5.48. The van der Waals surface area contributed by atoms with Crippen LogP contribution in [0.5, 0.6) is 0 Å². The number of rotatable bonds is 3. The predicted octanol–water partition coefficient (Wildman–Crippen LogP) is 0.628. The molecule has 0 amide bonds. The average Bonchev–Trinajstić information content (AvgIpc) is 3.10. The number of nitrogen functional groups attached to an aromatic ring is 1. The minimum absolute atomic E-state index is 0.251. The second kappa shape index (κ2) is 6.52. The zero-order chi connectivity index (χ0) is 19.3. The molecule has 3 aliphatic rings. The quantitative estimate of drug-likeness (QED) is 0.787. The zero-order valence-electron chi connectivity index (χ0n) is 16.0. The minimum atomic E-state index is -0.568. The first-order chi connectivity index (χ1) is 13.5. The summed E-state index contributed by atoms with van der Waals surface area (Å²) in [4.78, 5) is 22.6. The topological polar surface area (TPSA) is 114 Å². The molecule has 0 aromatic carbocycles. The van der Waals surface area contributed by atoms with Crippen molar-refractivity contribution in [3.8, 4) is 11.3 Å². The third-order valence-corrected chi connectivity index (χ3v) is 5.88. The van der Waals surface area contributed by atoms with Gasteiger partial charge in [-0.15, -0.1) is 0 Å². The van der Waals surface area contributed by atoms with E-state index in [0.29, 0.717) is 25.2 Å². The molecule has 0 spiro atoms. The van der Waals surface area contributed by atoms with Crippen molar-refractivity contribution < 1.29 is 9.84 Å². The standard InChI is InChI=1S/C19H25N7O2/c1-19(27)8-13(9-19)26-3-2-14-15(12-10-21-17(20)22-11-12)23-18(24-16(14)26)25-4-6-28-7-5-25/h10-11,13,27H,2-9H2,1H3,(H2,20,21,22). The van der Waals surface area contributed by atoms with Gasteiger partial charge in [-0.05, 0) is 26.2 Å². The fourth-order valence-electron chi connectivity index (χ4n) is 4.40. The average molecular weight is 383 g/mol. The molecule has 2 aromatic rings. The third kappa shape index (κ3) is 3.04. The Morgan fingerprint density at radius 1 is 1.14 bits per heavy atom.